The Balaban J connectivity index is 0.00000225. The molecule has 2 N–H and O–H groups in total. The van der Waals surface area contributed by atoms with Crippen molar-refractivity contribution in [1.82, 2.24) is 0 Å². The first-order valence-electron chi connectivity index (χ1n) is 4.63. The van der Waals surface area contributed by atoms with E-state index in [1.165, 1.54) is 13.2 Å². The molecule has 0 heterocycles. The third kappa shape index (κ3) is 3.47. The molecule has 0 amide bonds. The van der Waals surface area contributed by atoms with Gasteiger partial charge in [0.15, 0.2) is 0 Å². The number of rotatable bonds is 3. The van der Waals surface area contributed by atoms with Crippen molar-refractivity contribution in [2.75, 3.05) is 7.11 Å². The van der Waals surface area contributed by atoms with Crippen molar-refractivity contribution in [3.8, 4) is 0 Å². The van der Waals surface area contributed by atoms with Crippen LogP contribution in [0, 0.1) is 12.7 Å². The number of halogens is 2. The lowest BCUT2D eigenvalue weighted by atomic mass is 9.99. The third-order valence-electron chi connectivity index (χ3n) is 2.32. The van der Waals surface area contributed by atoms with Crippen molar-refractivity contribution in [1.29, 1.82) is 0 Å². The minimum Gasteiger partial charge on any atom is -0.469 e. The van der Waals surface area contributed by atoms with Crippen molar-refractivity contribution in [2.24, 2.45) is 5.73 Å². The Morgan fingerprint density at radius 3 is 2.75 bits per heavy atom. The van der Waals surface area contributed by atoms with E-state index in [4.69, 9.17) is 5.73 Å². The molecule has 0 unspecified atom stereocenters. The number of ether oxygens (including phenoxy) is 1. The van der Waals surface area contributed by atoms with Crippen LogP contribution in [0.3, 0.4) is 0 Å². The van der Waals surface area contributed by atoms with E-state index >= 15 is 0 Å². The van der Waals surface area contributed by atoms with Gasteiger partial charge in [0.25, 0.3) is 0 Å². The van der Waals surface area contributed by atoms with Gasteiger partial charge in [0.2, 0.25) is 0 Å². The van der Waals surface area contributed by atoms with Crippen LogP contribution in [0.1, 0.15) is 23.6 Å². The van der Waals surface area contributed by atoms with Crippen molar-refractivity contribution in [2.45, 2.75) is 19.4 Å². The van der Waals surface area contributed by atoms with Crippen LogP contribution in [0.5, 0.6) is 0 Å². The third-order valence-corrected chi connectivity index (χ3v) is 2.32. The van der Waals surface area contributed by atoms with Gasteiger partial charge in [0.1, 0.15) is 5.82 Å². The number of nitrogens with two attached hydrogens (primary N) is 1. The summed E-state index contributed by atoms with van der Waals surface area (Å²) in [6.07, 6.45) is 0.0563. The zero-order valence-electron chi connectivity index (χ0n) is 9.20. The fourth-order valence-corrected chi connectivity index (χ4v) is 1.40. The average Bonchev–Trinajstić information content (AvgIpc) is 2.21. The van der Waals surface area contributed by atoms with Crippen LogP contribution in [-0.4, -0.2) is 13.1 Å². The second kappa shape index (κ2) is 6.45. The Kier molecular flexibility index (Phi) is 6.00. The molecule has 3 nitrogen and oxygen atoms in total. The molecule has 16 heavy (non-hydrogen) atoms. The van der Waals surface area contributed by atoms with Crippen LogP contribution >= 0.6 is 12.4 Å². The number of carbonyl (C=O) groups is 1. The van der Waals surface area contributed by atoms with Crippen LogP contribution < -0.4 is 5.73 Å². The Labute approximate surface area is 100 Å². The Bertz CT molecular complexity index is 371. The van der Waals surface area contributed by atoms with Gasteiger partial charge in [0.05, 0.1) is 13.5 Å². The lowest BCUT2D eigenvalue weighted by Crippen LogP contribution is -2.17. The molecule has 0 radical (unpaired) electrons. The monoisotopic (exact) mass is 247 g/mol. The first kappa shape index (κ1) is 14.9. The number of hydrogen-bond acceptors (Lipinski definition) is 3. The molecule has 90 valence electrons. The average molecular weight is 248 g/mol. The van der Waals surface area contributed by atoms with Gasteiger partial charge in [0, 0.05) is 6.04 Å². The molecule has 1 rings (SSSR count). The summed E-state index contributed by atoms with van der Waals surface area (Å²) in [4.78, 5) is 11.0. The Morgan fingerprint density at radius 1 is 1.56 bits per heavy atom. The predicted molar refractivity (Wildman–Crippen MR) is 61.9 cm³/mol. The van der Waals surface area contributed by atoms with Crippen molar-refractivity contribution in [3.63, 3.8) is 0 Å². The molecule has 0 bridgehead atoms. The van der Waals surface area contributed by atoms with Gasteiger partial charge < -0.3 is 10.5 Å². The molecule has 0 fully saturated rings. The zero-order valence-corrected chi connectivity index (χ0v) is 10.0. The number of hydrogen-bond donors (Lipinski definition) is 1. The molecule has 0 aliphatic carbocycles. The summed E-state index contributed by atoms with van der Waals surface area (Å²) in [7, 11) is 1.30. The van der Waals surface area contributed by atoms with Crippen molar-refractivity contribution in [3.05, 3.63) is 35.1 Å². The first-order valence-corrected chi connectivity index (χ1v) is 4.63. The number of carbonyl (C=O) groups excluding carboxylic acids is 1. The molecular formula is C11H15ClFNO2. The minimum atomic E-state index is -0.520. The fourth-order valence-electron chi connectivity index (χ4n) is 1.40. The highest BCUT2D eigenvalue weighted by Gasteiger charge is 2.15. The summed E-state index contributed by atoms with van der Waals surface area (Å²) < 4.78 is 17.7. The Hall–Kier alpha value is -1.13. The van der Waals surface area contributed by atoms with Gasteiger partial charge in [-0.1, -0.05) is 12.1 Å². The highest BCUT2D eigenvalue weighted by Crippen LogP contribution is 2.20. The second-order valence-electron chi connectivity index (χ2n) is 3.34. The summed E-state index contributed by atoms with van der Waals surface area (Å²) >= 11 is 0. The molecule has 0 aliphatic rings. The highest BCUT2D eigenvalue weighted by molar-refractivity contribution is 5.85. The van der Waals surface area contributed by atoms with Crippen LogP contribution in [0.15, 0.2) is 18.2 Å². The molecule has 1 aromatic carbocycles. The maximum absolute atomic E-state index is 13.2. The second-order valence-corrected chi connectivity index (χ2v) is 3.34. The summed E-state index contributed by atoms with van der Waals surface area (Å²) in [5.41, 5.74) is 6.89. The van der Waals surface area contributed by atoms with E-state index in [1.807, 2.05) is 0 Å². The van der Waals surface area contributed by atoms with E-state index in [0.717, 1.165) is 0 Å². The molecule has 1 aromatic rings. The summed E-state index contributed by atoms with van der Waals surface area (Å²) in [6.45, 7) is 1.64. The van der Waals surface area contributed by atoms with E-state index in [9.17, 15) is 9.18 Å². The van der Waals surface area contributed by atoms with E-state index in [2.05, 4.69) is 4.74 Å². The van der Waals surface area contributed by atoms with E-state index < -0.39 is 12.0 Å². The normalized spacial score (nSPS) is 11.5. The van der Waals surface area contributed by atoms with Gasteiger partial charge in [-0.2, -0.15) is 0 Å². The lowest BCUT2D eigenvalue weighted by molar-refractivity contribution is -0.141. The maximum Gasteiger partial charge on any atom is 0.307 e. The maximum atomic E-state index is 13.2. The smallest absolute Gasteiger partial charge is 0.307 e. The SMILES string of the molecule is COC(=O)C[C@H](N)c1cccc(F)c1C.Cl. The molecular weight excluding hydrogens is 233 g/mol. The molecule has 0 saturated heterocycles. The molecule has 1 atom stereocenters. The van der Waals surface area contributed by atoms with Crippen LogP contribution in [-0.2, 0) is 9.53 Å². The van der Waals surface area contributed by atoms with Crippen LogP contribution in [0.4, 0.5) is 4.39 Å². The van der Waals surface area contributed by atoms with Gasteiger partial charge in [-0.15, -0.1) is 12.4 Å². The molecule has 0 saturated carbocycles. The zero-order chi connectivity index (χ0) is 11.4. The Morgan fingerprint density at radius 2 is 2.19 bits per heavy atom. The van der Waals surface area contributed by atoms with Gasteiger partial charge >= 0.3 is 5.97 Å². The molecule has 5 heteroatoms. The largest absolute Gasteiger partial charge is 0.469 e. The van der Waals surface area contributed by atoms with Gasteiger partial charge in [-0.3, -0.25) is 4.79 Å². The molecule has 0 aromatic heterocycles. The molecule has 0 aliphatic heterocycles. The van der Waals surface area contributed by atoms with Crippen molar-refractivity contribution >= 4 is 18.4 Å². The van der Waals surface area contributed by atoms with E-state index in [0.29, 0.717) is 11.1 Å². The van der Waals surface area contributed by atoms with Gasteiger partial charge in [-0.25, -0.2) is 4.39 Å². The fraction of sp³-hybridized carbons (Fsp3) is 0.364. The van der Waals surface area contributed by atoms with Crippen LogP contribution in [0.25, 0.3) is 0 Å². The first-order chi connectivity index (χ1) is 7.06. The standard InChI is InChI=1S/C11H14FNO2.ClH/c1-7-8(4-3-5-9(7)12)10(13)6-11(14)15-2;/h3-5,10H,6,13H2,1-2H3;1H/t10-;/m0./s1. The topological polar surface area (TPSA) is 52.3 Å². The number of methoxy groups -OCH3 is 1. The van der Waals surface area contributed by atoms with Crippen LogP contribution in [0.2, 0.25) is 0 Å². The van der Waals surface area contributed by atoms with Gasteiger partial charge in [-0.05, 0) is 24.1 Å². The van der Waals surface area contributed by atoms with E-state index in [1.54, 1.807) is 19.1 Å². The minimum absolute atomic E-state index is 0. The summed E-state index contributed by atoms with van der Waals surface area (Å²) in [6, 6.07) is 4.14. The quantitative estimate of drug-likeness (QED) is 0.833. The number of esters is 1. The summed E-state index contributed by atoms with van der Waals surface area (Å²) in [5.74, 6) is -0.709. The number of benzene rings is 1. The predicted octanol–water partition coefficient (Wildman–Crippen LogP) is 2.12. The molecule has 0 spiro atoms. The highest BCUT2D eigenvalue weighted by atomic mass is 35.5. The van der Waals surface area contributed by atoms with Crippen molar-refractivity contribution < 1.29 is 13.9 Å². The van der Waals surface area contributed by atoms with E-state index in [-0.39, 0.29) is 24.6 Å². The summed E-state index contributed by atoms with van der Waals surface area (Å²) in [5, 5.41) is 0. The lowest BCUT2D eigenvalue weighted by Gasteiger charge is -2.13.